The SMILES string of the molecule is [CH-]=O.[Co+3].c1ccc2[cH-]ccc2c1.c1ccc2[cH-]ccc2c1. The first-order valence-corrected chi connectivity index (χ1v) is 6.38. The molecule has 0 heterocycles. The molecule has 0 aliphatic carbocycles. The van der Waals surface area contributed by atoms with Gasteiger partial charge in [-0.05, 0) is 0 Å². The molecular weight excluding hydrogens is 303 g/mol. The summed E-state index contributed by atoms with van der Waals surface area (Å²) in [6, 6.07) is 29.3. The summed E-state index contributed by atoms with van der Waals surface area (Å²) in [5, 5.41) is 5.32. The van der Waals surface area contributed by atoms with E-state index in [-0.39, 0.29) is 16.8 Å². The average molecular weight is 318 g/mol. The Morgan fingerprint density at radius 3 is 1.38 bits per heavy atom. The fourth-order valence-electron chi connectivity index (χ4n) is 2.14. The van der Waals surface area contributed by atoms with Gasteiger partial charge in [0.1, 0.15) is 0 Å². The molecule has 0 saturated heterocycles. The van der Waals surface area contributed by atoms with E-state index in [9.17, 15) is 0 Å². The summed E-state index contributed by atoms with van der Waals surface area (Å²) in [7, 11) is 0. The van der Waals surface area contributed by atoms with Crippen LogP contribution in [0, 0.1) is 0 Å². The maximum absolute atomic E-state index is 7.75. The van der Waals surface area contributed by atoms with Gasteiger partial charge >= 0.3 is 16.8 Å². The van der Waals surface area contributed by atoms with Crippen LogP contribution in [0.4, 0.5) is 0 Å². The zero-order chi connectivity index (χ0) is 14.2. The maximum atomic E-state index is 7.75. The van der Waals surface area contributed by atoms with Gasteiger partial charge in [0.2, 0.25) is 0 Å². The third-order valence-electron chi connectivity index (χ3n) is 3.10. The molecule has 0 saturated carbocycles. The molecule has 0 radical (unpaired) electrons. The molecule has 21 heavy (non-hydrogen) atoms. The first-order chi connectivity index (χ1) is 9.93. The largest absolute Gasteiger partial charge is 3.00 e. The third kappa shape index (κ3) is 4.41. The molecule has 4 aromatic rings. The summed E-state index contributed by atoms with van der Waals surface area (Å²) >= 11 is 0. The number of rotatable bonds is 0. The Bertz CT molecular complexity index is 641. The summed E-state index contributed by atoms with van der Waals surface area (Å²) in [5.41, 5.74) is 0. The number of benzene rings is 2. The van der Waals surface area contributed by atoms with Gasteiger partial charge in [0.05, 0.1) is 0 Å². The number of fused-ring (bicyclic) bond motifs is 2. The van der Waals surface area contributed by atoms with Crippen LogP contribution in [0.15, 0.2) is 84.9 Å². The zero-order valence-electron chi connectivity index (χ0n) is 11.4. The van der Waals surface area contributed by atoms with Crippen molar-refractivity contribution in [1.82, 2.24) is 0 Å². The van der Waals surface area contributed by atoms with Crippen LogP contribution in [0.25, 0.3) is 21.5 Å². The second-order valence-electron chi connectivity index (χ2n) is 4.31. The summed E-state index contributed by atoms with van der Waals surface area (Å²) in [6.45, 7) is 3.25. The molecule has 0 amide bonds. The quantitative estimate of drug-likeness (QED) is 0.335. The van der Waals surface area contributed by atoms with Gasteiger partial charge in [-0.25, -0.2) is 0 Å². The average Bonchev–Trinajstić information content (AvgIpc) is 3.18. The van der Waals surface area contributed by atoms with Crippen molar-refractivity contribution >= 4 is 28.3 Å². The van der Waals surface area contributed by atoms with Crippen molar-refractivity contribution in [2.24, 2.45) is 0 Å². The molecule has 2 heteroatoms. The van der Waals surface area contributed by atoms with E-state index in [1.54, 1.807) is 0 Å². The predicted molar refractivity (Wildman–Crippen MR) is 85.8 cm³/mol. The monoisotopic (exact) mass is 318 g/mol. The molecular formula is C19H15CoO. The third-order valence-corrected chi connectivity index (χ3v) is 3.10. The molecule has 0 fully saturated rings. The fraction of sp³-hybridized carbons (Fsp3) is 0. The van der Waals surface area contributed by atoms with Crippen LogP contribution < -0.4 is 0 Å². The molecule has 0 unspecified atom stereocenters. The normalized spacial score (nSPS) is 8.95. The van der Waals surface area contributed by atoms with Crippen LogP contribution in [0.5, 0.6) is 0 Å². The van der Waals surface area contributed by atoms with E-state index in [1.165, 1.54) is 21.5 Å². The van der Waals surface area contributed by atoms with Gasteiger partial charge in [-0.15, -0.1) is 59.3 Å². The van der Waals surface area contributed by atoms with Crippen molar-refractivity contribution in [2.45, 2.75) is 0 Å². The standard InChI is InChI=1S/2C9H7.CHO.Co/c2*1-2-5-9-7-3-6-8(9)4-1;1-2;/h2*1-7H;1H;/q3*-1;+3. The second kappa shape index (κ2) is 8.90. The Kier molecular flexibility index (Phi) is 7.16. The minimum absolute atomic E-state index is 0. The van der Waals surface area contributed by atoms with Crippen LogP contribution in [-0.4, -0.2) is 6.79 Å². The van der Waals surface area contributed by atoms with Gasteiger partial charge in [0, 0.05) is 0 Å². The maximum Gasteiger partial charge on any atom is 3.00 e. The van der Waals surface area contributed by atoms with E-state index in [4.69, 9.17) is 4.79 Å². The zero-order valence-corrected chi connectivity index (χ0v) is 12.4. The molecule has 0 aliphatic rings. The van der Waals surface area contributed by atoms with Gasteiger partial charge in [0.15, 0.2) is 0 Å². The van der Waals surface area contributed by atoms with E-state index < -0.39 is 0 Å². The van der Waals surface area contributed by atoms with Crippen molar-refractivity contribution in [3.8, 4) is 0 Å². The molecule has 0 aromatic heterocycles. The van der Waals surface area contributed by atoms with Gasteiger partial charge < -0.3 is 4.79 Å². The van der Waals surface area contributed by atoms with Crippen molar-refractivity contribution in [2.75, 3.05) is 0 Å². The van der Waals surface area contributed by atoms with Gasteiger partial charge in [-0.1, -0.05) is 12.1 Å². The number of hydrogen-bond donors (Lipinski definition) is 0. The van der Waals surface area contributed by atoms with Crippen molar-refractivity contribution < 1.29 is 21.6 Å². The van der Waals surface area contributed by atoms with Crippen molar-refractivity contribution in [3.05, 3.63) is 84.9 Å². The smallest absolute Gasteiger partial charge is 0.545 e. The van der Waals surface area contributed by atoms with Crippen LogP contribution in [0.3, 0.4) is 0 Å². The first kappa shape index (κ1) is 16.9. The Labute approximate surface area is 135 Å². The summed E-state index contributed by atoms with van der Waals surface area (Å²) in [6.07, 6.45) is 0. The topological polar surface area (TPSA) is 17.1 Å². The molecule has 4 aromatic carbocycles. The Morgan fingerprint density at radius 2 is 1.00 bits per heavy atom. The van der Waals surface area contributed by atoms with Crippen LogP contribution >= 0.6 is 0 Å². The Balaban J connectivity index is 0.000000181. The van der Waals surface area contributed by atoms with Crippen LogP contribution in [0.2, 0.25) is 0 Å². The molecule has 0 aliphatic heterocycles. The molecule has 0 spiro atoms. The molecule has 0 atom stereocenters. The van der Waals surface area contributed by atoms with Gasteiger partial charge in [-0.3, -0.25) is 6.79 Å². The molecule has 0 bridgehead atoms. The van der Waals surface area contributed by atoms with Crippen molar-refractivity contribution in [1.29, 1.82) is 0 Å². The van der Waals surface area contributed by atoms with Crippen LogP contribution in [-0.2, 0) is 21.6 Å². The molecule has 1 nitrogen and oxygen atoms in total. The second-order valence-corrected chi connectivity index (χ2v) is 4.31. The van der Waals surface area contributed by atoms with Gasteiger partial charge in [-0.2, -0.15) is 35.0 Å². The minimum Gasteiger partial charge on any atom is -0.545 e. The van der Waals surface area contributed by atoms with E-state index in [0.717, 1.165) is 0 Å². The van der Waals surface area contributed by atoms with Gasteiger partial charge in [0.25, 0.3) is 0 Å². The molecule has 4 rings (SSSR count). The van der Waals surface area contributed by atoms with E-state index in [1.807, 2.05) is 0 Å². The molecule has 106 valence electrons. The van der Waals surface area contributed by atoms with E-state index >= 15 is 0 Å². The predicted octanol–water partition coefficient (Wildman–Crippen LogP) is 4.84. The fourth-order valence-corrected chi connectivity index (χ4v) is 2.14. The summed E-state index contributed by atoms with van der Waals surface area (Å²) < 4.78 is 0. The van der Waals surface area contributed by atoms with Crippen molar-refractivity contribution in [3.63, 3.8) is 0 Å². The summed E-state index contributed by atoms with van der Waals surface area (Å²) in [4.78, 5) is 7.75. The Morgan fingerprint density at radius 1 is 0.619 bits per heavy atom. The van der Waals surface area contributed by atoms with Crippen LogP contribution in [0.1, 0.15) is 0 Å². The van der Waals surface area contributed by atoms with E-state index in [0.29, 0.717) is 0 Å². The number of carbonyl (C=O) groups excluding carboxylic acids is 1. The van der Waals surface area contributed by atoms with E-state index in [2.05, 4.69) is 91.7 Å². The molecule has 0 N–H and O–H groups in total. The Hall–Kier alpha value is -2.16. The summed E-state index contributed by atoms with van der Waals surface area (Å²) in [5.74, 6) is 0. The first-order valence-electron chi connectivity index (χ1n) is 6.38. The number of hydrogen-bond acceptors (Lipinski definition) is 1. The minimum atomic E-state index is 0.